The molecule has 0 aliphatic carbocycles. The van der Waals surface area contributed by atoms with Gasteiger partial charge in [-0.2, -0.15) is 0 Å². The number of aryl methyl sites for hydroxylation is 1. The van der Waals surface area contributed by atoms with Gasteiger partial charge in [0.05, 0.1) is 18.0 Å². The summed E-state index contributed by atoms with van der Waals surface area (Å²) in [5.74, 6) is -2.43. The molecular formula is C24H32N2O7. The number of ether oxygens (including phenoxy) is 1. The molecule has 9 nitrogen and oxygen atoms in total. The number of hydrogen-bond acceptors (Lipinski definition) is 6. The average Bonchev–Trinajstić information content (AvgIpc) is 3.31. The van der Waals surface area contributed by atoms with Crippen LogP contribution in [0.4, 0.5) is 0 Å². The number of carboxylic acid groups (broad SMARTS) is 2. The number of benzene rings is 1. The Morgan fingerprint density at radius 2 is 1.58 bits per heavy atom. The fourth-order valence-corrected chi connectivity index (χ4v) is 4.74. The zero-order valence-electron chi connectivity index (χ0n) is 19.4. The molecule has 9 heteroatoms. The molecule has 1 atom stereocenters. The highest BCUT2D eigenvalue weighted by molar-refractivity contribution is 6.27. The predicted molar refractivity (Wildman–Crippen MR) is 120 cm³/mol. The summed E-state index contributed by atoms with van der Waals surface area (Å²) in [7, 11) is 0. The predicted octanol–water partition coefficient (Wildman–Crippen LogP) is 2.27. The number of hydrogen-bond donors (Lipinski definition) is 2. The molecule has 1 aromatic carbocycles. The molecule has 33 heavy (non-hydrogen) atoms. The van der Waals surface area contributed by atoms with Gasteiger partial charge in [-0.05, 0) is 50.8 Å². The van der Waals surface area contributed by atoms with Crippen molar-refractivity contribution in [2.24, 2.45) is 0 Å². The quantitative estimate of drug-likeness (QED) is 0.644. The molecule has 0 radical (unpaired) electrons. The van der Waals surface area contributed by atoms with Gasteiger partial charge in [0.25, 0.3) is 0 Å². The van der Waals surface area contributed by atoms with Crippen LogP contribution in [-0.2, 0) is 14.4 Å². The number of rotatable bonds is 2. The third-order valence-corrected chi connectivity index (χ3v) is 6.99. The number of piperidine rings is 1. The molecule has 2 N–H and O–H groups in total. The van der Waals surface area contributed by atoms with Crippen LogP contribution in [0.5, 0.6) is 5.75 Å². The Morgan fingerprint density at radius 1 is 1.00 bits per heavy atom. The Balaban J connectivity index is 0.000000454. The minimum atomic E-state index is -1.82. The first-order chi connectivity index (χ1) is 15.5. The summed E-state index contributed by atoms with van der Waals surface area (Å²) in [5.41, 5.74) is 2.54. The average molecular weight is 461 g/mol. The van der Waals surface area contributed by atoms with Crippen molar-refractivity contribution >= 4 is 23.6 Å². The van der Waals surface area contributed by atoms with Crippen LogP contribution in [0, 0.1) is 13.8 Å². The molecule has 0 saturated carbocycles. The van der Waals surface area contributed by atoms with Crippen LogP contribution in [0.15, 0.2) is 12.1 Å². The van der Waals surface area contributed by atoms with E-state index in [2.05, 4.69) is 11.8 Å². The number of Topliss-reactive ketones (excluding diaryl/α,β-unsaturated/α-hetero) is 1. The maximum atomic E-state index is 12.8. The van der Waals surface area contributed by atoms with Gasteiger partial charge in [-0.25, -0.2) is 9.59 Å². The number of likely N-dealkylation sites (tertiary alicyclic amines) is 2. The number of carbonyl (C=O) groups is 4. The largest absolute Gasteiger partial charge is 0.486 e. The van der Waals surface area contributed by atoms with E-state index in [0.29, 0.717) is 6.42 Å². The summed E-state index contributed by atoms with van der Waals surface area (Å²) in [5, 5.41) is 14.8. The van der Waals surface area contributed by atoms with Crippen molar-refractivity contribution in [1.29, 1.82) is 0 Å². The van der Waals surface area contributed by atoms with Crippen LogP contribution in [0.2, 0.25) is 0 Å². The van der Waals surface area contributed by atoms with E-state index in [4.69, 9.17) is 24.5 Å². The molecule has 4 rings (SSSR count). The maximum absolute atomic E-state index is 12.8. The summed E-state index contributed by atoms with van der Waals surface area (Å²) in [6.07, 6.45) is 4.28. The summed E-state index contributed by atoms with van der Waals surface area (Å²) >= 11 is 0. The summed E-state index contributed by atoms with van der Waals surface area (Å²) < 4.78 is 6.49. The van der Waals surface area contributed by atoms with Gasteiger partial charge in [-0.3, -0.25) is 14.5 Å². The van der Waals surface area contributed by atoms with Crippen LogP contribution in [-0.4, -0.2) is 81.5 Å². The molecule has 2 fully saturated rings. The molecule has 1 unspecified atom stereocenters. The van der Waals surface area contributed by atoms with E-state index in [9.17, 15) is 9.59 Å². The lowest BCUT2D eigenvalue weighted by molar-refractivity contribution is -0.159. The van der Waals surface area contributed by atoms with E-state index in [0.717, 1.165) is 74.3 Å². The van der Waals surface area contributed by atoms with E-state index in [1.807, 2.05) is 30.9 Å². The fraction of sp³-hybridized carbons (Fsp3) is 0.583. The van der Waals surface area contributed by atoms with Crippen molar-refractivity contribution in [2.75, 3.05) is 26.2 Å². The number of fused-ring (bicyclic) bond motifs is 1. The van der Waals surface area contributed by atoms with Crippen molar-refractivity contribution in [3.8, 4) is 5.75 Å². The fourth-order valence-electron chi connectivity index (χ4n) is 4.74. The van der Waals surface area contributed by atoms with Crippen LogP contribution in [0.3, 0.4) is 0 Å². The second kappa shape index (κ2) is 9.91. The lowest BCUT2D eigenvalue weighted by atomic mass is 9.81. The standard InChI is InChI=1S/C22H30N2O3.C2H2O4/c1-15-6-7-18-19(25)14-22(27-20(18)16(15)2)8-12-23(13-9-22)17(3)21(26)24-10-4-5-11-24;3-1(4)2(5)6/h6-7,17H,4-5,8-14H2,1-3H3;(H,3,4)(H,5,6). The van der Waals surface area contributed by atoms with Crippen LogP contribution >= 0.6 is 0 Å². The highest BCUT2D eigenvalue weighted by atomic mass is 16.5. The summed E-state index contributed by atoms with van der Waals surface area (Å²) in [6.45, 7) is 9.50. The number of carbonyl (C=O) groups excluding carboxylic acids is 2. The highest BCUT2D eigenvalue weighted by Crippen LogP contribution is 2.42. The lowest BCUT2D eigenvalue weighted by Crippen LogP contribution is -2.55. The van der Waals surface area contributed by atoms with Crippen LogP contribution in [0.25, 0.3) is 0 Å². The summed E-state index contributed by atoms with van der Waals surface area (Å²) in [6, 6.07) is 3.82. The molecular weight excluding hydrogens is 428 g/mol. The lowest BCUT2D eigenvalue weighted by Gasteiger charge is -2.45. The van der Waals surface area contributed by atoms with E-state index >= 15 is 0 Å². The molecule has 180 valence electrons. The number of ketones is 1. The zero-order chi connectivity index (χ0) is 24.3. The molecule has 1 spiro atoms. The van der Waals surface area contributed by atoms with Crippen molar-refractivity contribution in [1.82, 2.24) is 9.80 Å². The molecule has 3 aliphatic heterocycles. The number of nitrogens with zero attached hydrogens (tertiary/aromatic N) is 2. The second-order valence-corrected chi connectivity index (χ2v) is 9.12. The topological polar surface area (TPSA) is 124 Å². The van der Waals surface area contributed by atoms with Gasteiger partial charge in [-0.15, -0.1) is 0 Å². The Labute approximate surface area is 193 Å². The third-order valence-electron chi connectivity index (χ3n) is 6.99. The van der Waals surface area contributed by atoms with Crippen molar-refractivity contribution in [3.63, 3.8) is 0 Å². The molecule has 1 amide bonds. The number of carboxylic acids is 2. The minimum Gasteiger partial charge on any atom is -0.486 e. The molecule has 3 heterocycles. The molecule has 0 aromatic heterocycles. The smallest absolute Gasteiger partial charge is 0.414 e. The van der Waals surface area contributed by atoms with Crippen molar-refractivity contribution in [2.45, 2.75) is 64.5 Å². The van der Waals surface area contributed by atoms with E-state index in [1.54, 1.807) is 0 Å². The van der Waals surface area contributed by atoms with E-state index in [-0.39, 0.29) is 17.7 Å². The monoisotopic (exact) mass is 460 g/mol. The van der Waals surface area contributed by atoms with Gasteiger partial charge in [0.2, 0.25) is 5.91 Å². The van der Waals surface area contributed by atoms with E-state index in [1.165, 1.54) is 0 Å². The van der Waals surface area contributed by atoms with Gasteiger partial charge in [0.15, 0.2) is 5.78 Å². The first kappa shape index (κ1) is 24.7. The Kier molecular flexibility index (Phi) is 7.41. The van der Waals surface area contributed by atoms with Gasteiger partial charge in [0.1, 0.15) is 11.4 Å². The molecule has 1 aromatic rings. The molecule has 0 bridgehead atoms. The van der Waals surface area contributed by atoms with Crippen LogP contribution < -0.4 is 4.74 Å². The normalized spacial score (nSPS) is 20.3. The second-order valence-electron chi connectivity index (χ2n) is 9.12. The zero-order valence-corrected chi connectivity index (χ0v) is 19.4. The third kappa shape index (κ3) is 5.35. The van der Waals surface area contributed by atoms with Crippen LogP contribution in [0.1, 0.15) is 60.5 Å². The molecule has 2 saturated heterocycles. The van der Waals surface area contributed by atoms with E-state index < -0.39 is 17.5 Å². The van der Waals surface area contributed by atoms with Crippen molar-refractivity contribution < 1.29 is 34.1 Å². The van der Waals surface area contributed by atoms with Gasteiger partial charge < -0.3 is 19.8 Å². The SMILES string of the molecule is Cc1ccc2c(c1C)OC1(CCN(C(C)C(=O)N3CCCC3)CC1)CC2=O.O=C(O)C(=O)O. The number of amides is 1. The highest BCUT2D eigenvalue weighted by Gasteiger charge is 2.44. The minimum absolute atomic E-state index is 0.0870. The Hall–Kier alpha value is -2.94. The Bertz CT molecular complexity index is 932. The first-order valence-corrected chi connectivity index (χ1v) is 11.4. The van der Waals surface area contributed by atoms with Crippen molar-refractivity contribution in [3.05, 3.63) is 28.8 Å². The van der Waals surface area contributed by atoms with Gasteiger partial charge in [0, 0.05) is 39.0 Å². The van der Waals surface area contributed by atoms with Gasteiger partial charge in [-0.1, -0.05) is 6.07 Å². The van der Waals surface area contributed by atoms with Gasteiger partial charge >= 0.3 is 11.9 Å². The Morgan fingerprint density at radius 3 is 2.12 bits per heavy atom. The molecule has 3 aliphatic rings. The number of aliphatic carboxylic acids is 2. The maximum Gasteiger partial charge on any atom is 0.414 e. The first-order valence-electron chi connectivity index (χ1n) is 11.4. The summed E-state index contributed by atoms with van der Waals surface area (Å²) in [4.78, 5) is 47.9.